The van der Waals surface area contributed by atoms with Gasteiger partial charge in [-0.25, -0.2) is 8.42 Å². The summed E-state index contributed by atoms with van der Waals surface area (Å²) >= 11 is 4.88. The molecule has 0 saturated carbocycles. The number of benzene rings is 1. The number of aryl methyl sites for hydroxylation is 2. The zero-order valence-corrected chi connectivity index (χ0v) is 13.3. The normalized spacial score (nSPS) is 11.1. The molecular formula is C14H15N3O2S2. The second-order valence-corrected chi connectivity index (χ2v) is 6.73. The minimum absolute atomic E-state index is 0.186. The fourth-order valence-corrected chi connectivity index (χ4v) is 3.34. The number of hydrogen-bond acceptors (Lipinski definition) is 4. The maximum Gasteiger partial charge on any atom is 0.262 e. The third-order valence-electron chi connectivity index (χ3n) is 3.03. The van der Waals surface area contributed by atoms with Crippen LogP contribution in [0.25, 0.3) is 0 Å². The molecule has 5 nitrogen and oxygen atoms in total. The van der Waals surface area contributed by atoms with E-state index in [-0.39, 0.29) is 9.88 Å². The van der Waals surface area contributed by atoms with E-state index in [2.05, 4.69) is 9.71 Å². The monoisotopic (exact) mass is 321 g/mol. The minimum atomic E-state index is -3.68. The highest BCUT2D eigenvalue weighted by Gasteiger charge is 2.18. The summed E-state index contributed by atoms with van der Waals surface area (Å²) in [6, 6.07) is 6.49. The number of nitrogens with one attached hydrogen (secondary N) is 1. The Morgan fingerprint density at radius 1 is 1.24 bits per heavy atom. The highest BCUT2D eigenvalue weighted by Crippen LogP contribution is 2.21. The quantitative estimate of drug-likeness (QED) is 0.843. The van der Waals surface area contributed by atoms with Crippen LogP contribution in [0.5, 0.6) is 0 Å². The third kappa shape index (κ3) is 3.37. The average Bonchev–Trinajstić information content (AvgIpc) is 2.40. The van der Waals surface area contributed by atoms with Gasteiger partial charge in [0.05, 0.1) is 16.8 Å². The first-order valence-corrected chi connectivity index (χ1v) is 8.04. The molecule has 0 atom stereocenters. The second kappa shape index (κ2) is 5.79. The van der Waals surface area contributed by atoms with Crippen molar-refractivity contribution in [3.63, 3.8) is 0 Å². The van der Waals surface area contributed by atoms with Gasteiger partial charge < -0.3 is 5.73 Å². The Hall–Kier alpha value is -1.99. The van der Waals surface area contributed by atoms with Crippen LogP contribution >= 0.6 is 12.2 Å². The molecule has 0 saturated heterocycles. The summed E-state index contributed by atoms with van der Waals surface area (Å²) in [7, 11) is -3.68. The molecule has 0 aliphatic rings. The molecule has 0 fully saturated rings. The van der Waals surface area contributed by atoms with Gasteiger partial charge in [-0.3, -0.25) is 9.71 Å². The zero-order chi connectivity index (χ0) is 15.6. The van der Waals surface area contributed by atoms with E-state index >= 15 is 0 Å². The molecule has 2 rings (SSSR count). The number of hydrogen-bond donors (Lipinski definition) is 2. The molecule has 0 unspecified atom stereocenters. The predicted molar refractivity (Wildman–Crippen MR) is 86.8 cm³/mol. The lowest BCUT2D eigenvalue weighted by Crippen LogP contribution is -2.16. The zero-order valence-electron chi connectivity index (χ0n) is 11.6. The lowest BCUT2D eigenvalue weighted by Gasteiger charge is -2.12. The Balaban J connectivity index is 2.41. The number of anilines is 1. The Morgan fingerprint density at radius 3 is 2.52 bits per heavy atom. The number of aromatic nitrogens is 1. The molecule has 1 aromatic carbocycles. The van der Waals surface area contributed by atoms with Gasteiger partial charge in [-0.1, -0.05) is 18.3 Å². The summed E-state index contributed by atoms with van der Waals surface area (Å²) in [4.78, 5) is 4.34. The number of nitrogens with zero attached hydrogens (tertiary/aromatic N) is 1. The van der Waals surface area contributed by atoms with E-state index in [1.807, 2.05) is 6.92 Å². The SMILES string of the molecule is Cc1ccncc1NS(=O)(=O)c1ccc(C(N)=S)cc1C. The summed E-state index contributed by atoms with van der Waals surface area (Å²) in [6.07, 6.45) is 3.08. The number of rotatable bonds is 4. The number of sulfonamides is 1. The van der Waals surface area contributed by atoms with Crippen LogP contribution in [0, 0.1) is 13.8 Å². The van der Waals surface area contributed by atoms with Gasteiger partial charge in [0, 0.05) is 11.8 Å². The van der Waals surface area contributed by atoms with Crippen molar-refractivity contribution < 1.29 is 8.42 Å². The van der Waals surface area contributed by atoms with Crippen LogP contribution < -0.4 is 10.5 Å². The Bertz CT molecular complexity index is 802. The first kappa shape index (κ1) is 15.4. The second-order valence-electron chi connectivity index (χ2n) is 4.64. The summed E-state index contributed by atoms with van der Waals surface area (Å²) in [5.74, 6) is 0. The van der Waals surface area contributed by atoms with Gasteiger partial charge in [-0.05, 0) is 43.2 Å². The summed E-state index contributed by atoms with van der Waals surface area (Å²) in [5, 5.41) is 0. The Kier molecular flexibility index (Phi) is 4.24. The van der Waals surface area contributed by atoms with Crippen molar-refractivity contribution in [2.75, 3.05) is 4.72 Å². The van der Waals surface area contributed by atoms with Gasteiger partial charge in [0.2, 0.25) is 0 Å². The van der Waals surface area contributed by atoms with Gasteiger partial charge in [0.15, 0.2) is 0 Å². The van der Waals surface area contributed by atoms with Crippen molar-refractivity contribution in [3.8, 4) is 0 Å². The van der Waals surface area contributed by atoms with E-state index in [0.29, 0.717) is 16.8 Å². The van der Waals surface area contributed by atoms with Gasteiger partial charge in [-0.15, -0.1) is 0 Å². The summed E-state index contributed by atoms with van der Waals surface area (Å²) in [5.41, 5.74) is 8.01. The highest BCUT2D eigenvalue weighted by molar-refractivity contribution is 7.92. The molecule has 1 aromatic heterocycles. The third-order valence-corrected chi connectivity index (χ3v) is 4.79. The first-order chi connectivity index (χ1) is 9.81. The smallest absolute Gasteiger partial charge is 0.262 e. The molecular weight excluding hydrogens is 306 g/mol. The maximum atomic E-state index is 12.5. The van der Waals surface area contributed by atoms with Crippen molar-refractivity contribution >= 4 is 32.9 Å². The molecule has 21 heavy (non-hydrogen) atoms. The fraction of sp³-hybridized carbons (Fsp3) is 0.143. The van der Waals surface area contributed by atoms with E-state index in [1.54, 1.807) is 31.3 Å². The molecule has 0 aliphatic heterocycles. The van der Waals surface area contributed by atoms with Crippen molar-refractivity contribution in [2.24, 2.45) is 5.73 Å². The lowest BCUT2D eigenvalue weighted by atomic mass is 10.1. The van der Waals surface area contributed by atoms with Crippen molar-refractivity contribution in [2.45, 2.75) is 18.7 Å². The molecule has 2 aromatic rings. The van der Waals surface area contributed by atoms with Gasteiger partial charge in [0.25, 0.3) is 10.0 Å². The standard InChI is InChI=1S/C14H15N3O2S2/c1-9-5-6-16-8-12(9)17-21(18,19)13-4-3-11(14(15)20)7-10(13)2/h3-8,17H,1-2H3,(H2,15,20). The van der Waals surface area contributed by atoms with E-state index in [1.165, 1.54) is 12.3 Å². The largest absolute Gasteiger partial charge is 0.389 e. The molecule has 110 valence electrons. The van der Waals surface area contributed by atoms with Crippen molar-refractivity contribution in [1.82, 2.24) is 4.98 Å². The topological polar surface area (TPSA) is 85.1 Å². The van der Waals surface area contributed by atoms with Crippen LogP contribution in [0.15, 0.2) is 41.6 Å². The van der Waals surface area contributed by atoms with Crippen molar-refractivity contribution in [3.05, 3.63) is 53.3 Å². The number of nitrogens with two attached hydrogens (primary N) is 1. The van der Waals surface area contributed by atoms with Gasteiger partial charge in [-0.2, -0.15) is 0 Å². The molecule has 1 heterocycles. The van der Waals surface area contributed by atoms with Gasteiger partial charge in [0.1, 0.15) is 4.99 Å². The van der Waals surface area contributed by atoms with Crippen LogP contribution in [0.4, 0.5) is 5.69 Å². The maximum absolute atomic E-state index is 12.5. The first-order valence-electron chi connectivity index (χ1n) is 6.15. The molecule has 0 radical (unpaired) electrons. The highest BCUT2D eigenvalue weighted by atomic mass is 32.2. The van der Waals surface area contributed by atoms with Crippen LogP contribution in [0.2, 0.25) is 0 Å². The minimum Gasteiger partial charge on any atom is -0.389 e. The predicted octanol–water partition coefficient (Wildman–Crippen LogP) is 2.13. The molecule has 0 aliphatic carbocycles. The average molecular weight is 321 g/mol. The number of thiocarbonyl (C=S) groups is 1. The number of pyridine rings is 1. The van der Waals surface area contributed by atoms with Crippen LogP contribution in [0.3, 0.4) is 0 Å². The van der Waals surface area contributed by atoms with E-state index in [0.717, 1.165) is 5.56 Å². The van der Waals surface area contributed by atoms with Crippen LogP contribution in [0.1, 0.15) is 16.7 Å². The van der Waals surface area contributed by atoms with E-state index in [9.17, 15) is 8.42 Å². The van der Waals surface area contributed by atoms with Crippen LogP contribution in [-0.4, -0.2) is 18.4 Å². The Morgan fingerprint density at radius 2 is 1.95 bits per heavy atom. The summed E-state index contributed by atoms with van der Waals surface area (Å²) in [6.45, 7) is 3.51. The molecule has 7 heteroatoms. The Labute approximate surface area is 129 Å². The molecule has 0 bridgehead atoms. The van der Waals surface area contributed by atoms with E-state index < -0.39 is 10.0 Å². The lowest BCUT2D eigenvalue weighted by molar-refractivity contribution is 0.600. The molecule has 3 N–H and O–H groups in total. The van der Waals surface area contributed by atoms with E-state index in [4.69, 9.17) is 18.0 Å². The fourth-order valence-electron chi connectivity index (χ4n) is 1.87. The van der Waals surface area contributed by atoms with Crippen molar-refractivity contribution in [1.29, 1.82) is 0 Å². The van der Waals surface area contributed by atoms with Crippen LogP contribution in [-0.2, 0) is 10.0 Å². The summed E-state index contributed by atoms with van der Waals surface area (Å²) < 4.78 is 27.4. The van der Waals surface area contributed by atoms with Gasteiger partial charge >= 0.3 is 0 Å². The molecule has 0 amide bonds. The molecule has 0 spiro atoms.